The molecule has 16 heavy (non-hydrogen) atoms. The van der Waals surface area contributed by atoms with Crippen LogP contribution < -0.4 is 0 Å². The Balaban J connectivity index is 3.29. The Bertz CT molecular complexity index is 360. The summed E-state index contributed by atoms with van der Waals surface area (Å²) in [6, 6.07) is 0. The number of halogens is 2. The van der Waals surface area contributed by atoms with Crippen LogP contribution in [0.15, 0.2) is 8.95 Å². The highest BCUT2D eigenvalue weighted by Gasteiger charge is 2.19. The lowest BCUT2D eigenvalue weighted by Crippen LogP contribution is -1.94. The highest BCUT2D eigenvalue weighted by molar-refractivity contribution is 9.13. The van der Waals surface area contributed by atoms with E-state index < -0.39 is 0 Å². The van der Waals surface area contributed by atoms with Crippen LogP contribution in [0, 0.1) is 0 Å². The van der Waals surface area contributed by atoms with Crippen LogP contribution in [-0.2, 0) is 12.8 Å². The minimum absolute atomic E-state index is 0.00341. The average molecular weight is 352 g/mol. The lowest BCUT2D eigenvalue weighted by atomic mass is 10.0. The molecule has 0 aliphatic heterocycles. The largest absolute Gasteiger partial charge is 0.504 e. The maximum atomic E-state index is 9.94. The standard InChI is InChI=1S/C12H16Br2O2/c1-3-5-6-8-10(14)9(13)7(4-2)11(15)12(8)16/h15-16H,3-6H2,1-2H3. The number of phenols is 2. The summed E-state index contributed by atoms with van der Waals surface area (Å²) in [5, 5.41) is 19.8. The van der Waals surface area contributed by atoms with Crippen molar-refractivity contribution in [3.05, 3.63) is 20.1 Å². The zero-order valence-corrected chi connectivity index (χ0v) is 12.7. The number of rotatable bonds is 4. The van der Waals surface area contributed by atoms with Crippen molar-refractivity contribution in [2.75, 3.05) is 0 Å². The molecule has 2 N–H and O–H groups in total. The van der Waals surface area contributed by atoms with Gasteiger partial charge in [0.05, 0.1) is 0 Å². The fourth-order valence-electron chi connectivity index (χ4n) is 1.66. The van der Waals surface area contributed by atoms with Crippen molar-refractivity contribution in [3.8, 4) is 11.5 Å². The second kappa shape index (κ2) is 5.92. The van der Waals surface area contributed by atoms with Gasteiger partial charge in [0.25, 0.3) is 0 Å². The SMILES string of the molecule is CCCCc1c(O)c(O)c(CC)c(Br)c1Br. The summed E-state index contributed by atoms with van der Waals surface area (Å²) in [6.07, 6.45) is 3.48. The molecular formula is C12H16Br2O2. The van der Waals surface area contributed by atoms with Crippen molar-refractivity contribution >= 4 is 31.9 Å². The molecule has 1 aromatic rings. The van der Waals surface area contributed by atoms with E-state index in [-0.39, 0.29) is 11.5 Å². The van der Waals surface area contributed by atoms with Gasteiger partial charge in [-0.25, -0.2) is 0 Å². The molecule has 0 bridgehead atoms. The van der Waals surface area contributed by atoms with Crippen LogP contribution in [-0.4, -0.2) is 10.2 Å². The topological polar surface area (TPSA) is 40.5 Å². The number of hydrogen-bond acceptors (Lipinski definition) is 2. The molecule has 2 nitrogen and oxygen atoms in total. The molecule has 0 spiro atoms. The van der Waals surface area contributed by atoms with Crippen molar-refractivity contribution < 1.29 is 10.2 Å². The molecule has 0 fully saturated rings. The third kappa shape index (κ3) is 2.54. The third-order valence-corrected chi connectivity index (χ3v) is 4.93. The van der Waals surface area contributed by atoms with Crippen LogP contribution in [0.5, 0.6) is 11.5 Å². The van der Waals surface area contributed by atoms with Crippen LogP contribution in [0.25, 0.3) is 0 Å². The summed E-state index contributed by atoms with van der Waals surface area (Å²) in [4.78, 5) is 0. The van der Waals surface area contributed by atoms with Crippen LogP contribution >= 0.6 is 31.9 Å². The van der Waals surface area contributed by atoms with Gasteiger partial charge in [0.15, 0.2) is 11.5 Å². The van der Waals surface area contributed by atoms with E-state index in [1.54, 1.807) is 0 Å². The molecule has 1 aromatic carbocycles. The summed E-state index contributed by atoms with van der Waals surface area (Å²) in [5.74, 6) is 0.0176. The molecule has 0 radical (unpaired) electrons. The van der Waals surface area contributed by atoms with Crippen LogP contribution in [0.3, 0.4) is 0 Å². The van der Waals surface area contributed by atoms with Gasteiger partial charge < -0.3 is 10.2 Å². The van der Waals surface area contributed by atoms with Crippen molar-refractivity contribution in [2.24, 2.45) is 0 Å². The van der Waals surface area contributed by atoms with Gasteiger partial charge in [0.2, 0.25) is 0 Å². The van der Waals surface area contributed by atoms with Crippen LogP contribution in [0.2, 0.25) is 0 Å². The molecular weight excluding hydrogens is 336 g/mol. The zero-order chi connectivity index (χ0) is 12.3. The summed E-state index contributed by atoms with van der Waals surface area (Å²) >= 11 is 6.92. The first-order valence-corrected chi connectivity index (χ1v) is 7.03. The van der Waals surface area contributed by atoms with Crippen molar-refractivity contribution in [3.63, 3.8) is 0 Å². The predicted octanol–water partition coefficient (Wildman–Crippen LogP) is 4.53. The van der Waals surface area contributed by atoms with Crippen LogP contribution in [0.4, 0.5) is 0 Å². The third-order valence-electron chi connectivity index (χ3n) is 2.65. The van der Waals surface area contributed by atoms with Gasteiger partial charge in [-0.1, -0.05) is 20.3 Å². The van der Waals surface area contributed by atoms with Gasteiger partial charge >= 0.3 is 0 Å². The lowest BCUT2D eigenvalue weighted by Gasteiger charge is -2.14. The van der Waals surface area contributed by atoms with Crippen molar-refractivity contribution in [2.45, 2.75) is 39.5 Å². The second-order valence-corrected chi connectivity index (χ2v) is 5.33. The Labute approximate surface area is 113 Å². The van der Waals surface area contributed by atoms with Gasteiger partial charge in [-0.15, -0.1) is 0 Å². The molecule has 0 heterocycles. The fraction of sp³-hybridized carbons (Fsp3) is 0.500. The van der Waals surface area contributed by atoms with E-state index in [0.717, 1.165) is 39.3 Å². The first-order valence-electron chi connectivity index (χ1n) is 5.45. The first kappa shape index (κ1) is 13.8. The summed E-state index contributed by atoms with van der Waals surface area (Å²) in [7, 11) is 0. The lowest BCUT2D eigenvalue weighted by molar-refractivity contribution is 0.394. The summed E-state index contributed by atoms with van der Waals surface area (Å²) in [5.41, 5.74) is 1.52. The Hall–Kier alpha value is -0.220. The molecule has 0 unspecified atom stereocenters. The second-order valence-electron chi connectivity index (χ2n) is 3.74. The molecule has 1 rings (SSSR count). The minimum atomic E-state index is 0.00341. The maximum Gasteiger partial charge on any atom is 0.162 e. The zero-order valence-electron chi connectivity index (χ0n) is 9.48. The van der Waals surface area contributed by atoms with E-state index in [9.17, 15) is 10.2 Å². The van der Waals surface area contributed by atoms with E-state index >= 15 is 0 Å². The number of hydrogen-bond donors (Lipinski definition) is 2. The minimum Gasteiger partial charge on any atom is -0.504 e. The molecule has 0 amide bonds. The fourth-order valence-corrected chi connectivity index (χ4v) is 3.00. The van der Waals surface area contributed by atoms with Crippen molar-refractivity contribution in [1.29, 1.82) is 0 Å². The number of phenolic OH excluding ortho intramolecular Hbond substituents is 2. The summed E-state index contributed by atoms with van der Waals surface area (Å²) < 4.78 is 1.70. The molecule has 0 saturated heterocycles. The Kier molecular flexibility index (Phi) is 5.12. The average Bonchev–Trinajstić information content (AvgIpc) is 2.27. The molecule has 0 aromatic heterocycles. The maximum absolute atomic E-state index is 9.94. The highest BCUT2D eigenvalue weighted by Crippen LogP contribution is 2.44. The number of aromatic hydroxyl groups is 2. The smallest absolute Gasteiger partial charge is 0.162 e. The van der Waals surface area contributed by atoms with Gasteiger partial charge in [-0.3, -0.25) is 0 Å². The van der Waals surface area contributed by atoms with Crippen molar-refractivity contribution in [1.82, 2.24) is 0 Å². The number of unbranched alkanes of at least 4 members (excludes halogenated alkanes) is 1. The van der Waals surface area contributed by atoms with Gasteiger partial charge in [0, 0.05) is 20.1 Å². The summed E-state index contributed by atoms with van der Waals surface area (Å²) in [6.45, 7) is 4.04. The Morgan fingerprint density at radius 2 is 1.44 bits per heavy atom. The Morgan fingerprint density at radius 3 is 1.94 bits per heavy atom. The Morgan fingerprint density at radius 1 is 0.938 bits per heavy atom. The van der Waals surface area contributed by atoms with Gasteiger partial charge in [-0.2, -0.15) is 0 Å². The van der Waals surface area contributed by atoms with E-state index in [2.05, 4.69) is 38.8 Å². The molecule has 4 heteroatoms. The molecule has 0 atom stereocenters. The van der Waals surface area contributed by atoms with Gasteiger partial charge in [-0.05, 0) is 51.1 Å². The van der Waals surface area contributed by atoms with E-state index in [1.807, 2.05) is 6.92 Å². The molecule has 0 saturated carbocycles. The normalized spacial score (nSPS) is 10.8. The van der Waals surface area contributed by atoms with E-state index in [4.69, 9.17) is 0 Å². The van der Waals surface area contributed by atoms with E-state index in [1.165, 1.54) is 0 Å². The van der Waals surface area contributed by atoms with Crippen LogP contribution in [0.1, 0.15) is 37.8 Å². The monoisotopic (exact) mass is 350 g/mol. The molecule has 0 aliphatic carbocycles. The predicted molar refractivity (Wildman–Crippen MR) is 73.2 cm³/mol. The van der Waals surface area contributed by atoms with Gasteiger partial charge in [0.1, 0.15) is 0 Å². The quantitative estimate of drug-likeness (QED) is 0.782. The first-order chi connectivity index (χ1) is 7.54. The van der Waals surface area contributed by atoms with E-state index in [0.29, 0.717) is 6.42 Å². The number of benzene rings is 1. The molecule has 90 valence electrons. The highest BCUT2D eigenvalue weighted by atomic mass is 79.9. The molecule has 0 aliphatic rings.